The first-order valence-corrected chi connectivity index (χ1v) is 11.4. The standard InChI is InChI=1S/C26H32N2/c1-25-15-6-5-7-18(25)10-11-19-20-12-13-24(26(20,2)16-14-21(19)25)28-17-27-22-8-3-4-9-23(22)28/h3-4,8-10,13,17,19-21H,5-7,11-12,14-16H2,1-2H3/t19?,20?,21?,25-,26-/m0/s1. The molecule has 0 bridgehead atoms. The Hall–Kier alpha value is -1.83. The third kappa shape index (κ3) is 2.12. The molecule has 1 heterocycles. The SMILES string of the molecule is C[C@]12CCCCC1=CCC1C2CC[C@]2(C)C(n3cnc4ccccc43)=CCC12. The van der Waals surface area contributed by atoms with Crippen LogP contribution in [0.25, 0.3) is 16.7 Å². The number of rotatable bonds is 1. The van der Waals surface area contributed by atoms with E-state index >= 15 is 0 Å². The van der Waals surface area contributed by atoms with Gasteiger partial charge in [-0.1, -0.05) is 50.1 Å². The predicted molar refractivity (Wildman–Crippen MR) is 116 cm³/mol. The van der Waals surface area contributed by atoms with Gasteiger partial charge in [0.05, 0.1) is 11.0 Å². The summed E-state index contributed by atoms with van der Waals surface area (Å²) >= 11 is 0. The Kier molecular flexibility index (Phi) is 3.56. The minimum absolute atomic E-state index is 0.293. The summed E-state index contributed by atoms with van der Waals surface area (Å²) < 4.78 is 2.40. The summed E-state index contributed by atoms with van der Waals surface area (Å²) in [7, 11) is 0. The summed E-state index contributed by atoms with van der Waals surface area (Å²) in [5.41, 5.74) is 6.50. The van der Waals surface area contributed by atoms with E-state index in [-0.39, 0.29) is 0 Å². The van der Waals surface area contributed by atoms with Gasteiger partial charge in [-0.05, 0) is 80.2 Å². The monoisotopic (exact) mass is 372 g/mol. The molecule has 1 aromatic carbocycles. The Labute approximate surface area is 168 Å². The smallest absolute Gasteiger partial charge is 0.100 e. The largest absolute Gasteiger partial charge is 0.302 e. The zero-order chi connectivity index (χ0) is 18.9. The number of hydrogen-bond donors (Lipinski definition) is 0. The van der Waals surface area contributed by atoms with Crippen molar-refractivity contribution in [2.45, 2.75) is 65.2 Å². The summed E-state index contributed by atoms with van der Waals surface area (Å²) in [6, 6.07) is 8.60. The normalized spacial score (nSPS) is 39.7. The van der Waals surface area contributed by atoms with Crippen LogP contribution < -0.4 is 0 Å². The first-order valence-electron chi connectivity index (χ1n) is 11.4. The van der Waals surface area contributed by atoms with Gasteiger partial charge in [0.2, 0.25) is 0 Å². The van der Waals surface area contributed by atoms with Gasteiger partial charge < -0.3 is 4.57 Å². The van der Waals surface area contributed by atoms with E-state index in [4.69, 9.17) is 4.98 Å². The molecule has 2 nitrogen and oxygen atoms in total. The van der Waals surface area contributed by atoms with Crippen LogP contribution in [0.1, 0.15) is 65.2 Å². The first-order chi connectivity index (χ1) is 13.6. The van der Waals surface area contributed by atoms with E-state index in [9.17, 15) is 0 Å². The zero-order valence-corrected chi connectivity index (χ0v) is 17.3. The highest BCUT2D eigenvalue weighted by molar-refractivity contribution is 5.80. The van der Waals surface area contributed by atoms with Crippen LogP contribution in [-0.2, 0) is 0 Å². The molecule has 4 aliphatic rings. The summed E-state index contributed by atoms with van der Waals surface area (Å²) in [5, 5.41) is 0. The predicted octanol–water partition coefficient (Wildman–Crippen LogP) is 6.84. The molecule has 2 fully saturated rings. The summed E-state index contributed by atoms with van der Waals surface area (Å²) in [4.78, 5) is 4.69. The molecule has 146 valence electrons. The molecule has 0 N–H and O–H groups in total. The van der Waals surface area contributed by atoms with Crippen molar-refractivity contribution in [1.82, 2.24) is 9.55 Å². The second-order valence-electron chi connectivity index (χ2n) is 10.4. The van der Waals surface area contributed by atoms with E-state index in [2.05, 4.69) is 61.2 Å². The lowest BCUT2D eigenvalue weighted by molar-refractivity contribution is -0.0112. The Morgan fingerprint density at radius 2 is 1.86 bits per heavy atom. The van der Waals surface area contributed by atoms with E-state index < -0.39 is 0 Å². The molecular formula is C26H32N2. The van der Waals surface area contributed by atoms with Crippen LogP contribution in [0, 0.1) is 28.6 Å². The van der Waals surface area contributed by atoms with E-state index in [1.165, 1.54) is 62.6 Å². The molecule has 2 heteroatoms. The van der Waals surface area contributed by atoms with Crippen LogP contribution >= 0.6 is 0 Å². The van der Waals surface area contributed by atoms with E-state index in [1.807, 2.05) is 5.57 Å². The van der Waals surface area contributed by atoms with Crippen molar-refractivity contribution < 1.29 is 0 Å². The van der Waals surface area contributed by atoms with Crippen molar-refractivity contribution in [2.75, 3.05) is 0 Å². The van der Waals surface area contributed by atoms with Crippen molar-refractivity contribution in [2.24, 2.45) is 28.6 Å². The molecule has 6 rings (SSSR count). The molecule has 0 spiro atoms. The maximum absolute atomic E-state index is 4.69. The maximum Gasteiger partial charge on any atom is 0.100 e. The lowest BCUT2D eigenvalue weighted by atomic mass is 9.48. The van der Waals surface area contributed by atoms with Crippen LogP contribution in [0.5, 0.6) is 0 Å². The van der Waals surface area contributed by atoms with Crippen LogP contribution in [0.15, 0.2) is 48.3 Å². The number of benzene rings is 1. The average Bonchev–Trinajstić information content (AvgIpc) is 3.28. The lowest BCUT2D eigenvalue weighted by Crippen LogP contribution is -2.49. The highest BCUT2D eigenvalue weighted by Gasteiger charge is 2.56. The number of hydrogen-bond acceptors (Lipinski definition) is 1. The van der Waals surface area contributed by atoms with Crippen molar-refractivity contribution in [3.05, 3.63) is 48.3 Å². The van der Waals surface area contributed by atoms with Crippen LogP contribution in [0.4, 0.5) is 0 Å². The van der Waals surface area contributed by atoms with Crippen molar-refractivity contribution in [3.63, 3.8) is 0 Å². The van der Waals surface area contributed by atoms with Gasteiger partial charge in [-0.15, -0.1) is 0 Å². The topological polar surface area (TPSA) is 17.8 Å². The highest BCUT2D eigenvalue weighted by Crippen LogP contribution is 2.65. The molecule has 3 unspecified atom stereocenters. The third-order valence-corrected chi connectivity index (χ3v) is 9.27. The molecule has 5 atom stereocenters. The van der Waals surface area contributed by atoms with Gasteiger partial charge in [-0.3, -0.25) is 0 Å². The van der Waals surface area contributed by atoms with Gasteiger partial charge in [0.25, 0.3) is 0 Å². The first kappa shape index (κ1) is 17.1. The molecule has 28 heavy (non-hydrogen) atoms. The van der Waals surface area contributed by atoms with E-state index in [0.717, 1.165) is 23.3 Å². The van der Waals surface area contributed by atoms with Gasteiger partial charge in [-0.2, -0.15) is 0 Å². The van der Waals surface area contributed by atoms with Gasteiger partial charge in [-0.25, -0.2) is 4.98 Å². The number of fused-ring (bicyclic) bond motifs is 6. The fraction of sp³-hybridized carbons (Fsp3) is 0.577. The number of nitrogens with zero attached hydrogens (tertiary/aromatic N) is 2. The van der Waals surface area contributed by atoms with Crippen molar-refractivity contribution >= 4 is 16.7 Å². The molecule has 4 aliphatic carbocycles. The highest BCUT2D eigenvalue weighted by atomic mass is 15.1. The fourth-order valence-electron chi connectivity index (χ4n) is 7.77. The number of imidazole rings is 1. The number of aromatic nitrogens is 2. The van der Waals surface area contributed by atoms with Crippen LogP contribution in [0.2, 0.25) is 0 Å². The Morgan fingerprint density at radius 3 is 2.79 bits per heavy atom. The molecule has 2 aromatic rings. The third-order valence-electron chi connectivity index (χ3n) is 9.27. The van der Waals surface area contributed by atoms with E-state index in [1.54, 1.807) is 0 Å². The van der Waals surface area contributed by atoms with Crippen LogP contribution in [0.3, 0.4) is 0 Å². The molecule has 0 amide bonds. The Morgan fingerprint density at radius 1 is 0.964 bits per heavy atom. The maximum atomic E-state index is 4.69. The lowest BCUT2D eigenvalue weighted by Gasteiger charge is -2.57. The molecule has 2 saturated carbocycles. The van der Waals surface area contributed by atoms with Gasteiger partial charge in [0.15, 0.2) is 0 Å². The Bertz CT molecular complexity index is 995. The summed E-state index contributed by atoms with van der Waals surface area (Å²) in [5.74, 6) is 2.55. The van der Waals surface area contributed by atoms with Crippen molar-refractivity contribution in [3.8, 4) is 0 Å². The molecule has 0 aliphatic heterocycles. The van der Waals surface area contributed by atoms with Crippen molar-refractivity contribution in [1.29, 1.82) is 0 Å². The molecular weight excluding hydrogens is 340 g/mol. The van der Waals surface area contributed by atoms with Crippen LogP contribution in [-0.4, -0.2) is 9.55 Å². The summed E-state index contributed by atoms with van der Waals surface area (Å²) in [6.45, 7) is 5.17. The average molecular weight is 373 g/mol. The number of para-hydroxylation sites is 2. The van der Waals surface area contributed by atoms with E-state index in [0.29, 0.717) is 10.8 Å². The zero-order valence-electron chi connectivity index (χ0n) is 17.3. The molecule has 0 saturated heterocycles. The number of allylic oxidation sites excluding steroid dienone is 4. The molecule has 1 aromatic heterocycles. The molecule has 0 radical (unpaired) electrons. The second-order valence-corrected chi connectivity index (χ2v) is 10.4. The van der Waals surface area contributed by atoms with Gasteiger partial charge >= 0.3 is 0 Å². The second kappa shape index (κ2) is 5.84. The van der Waals surface area contributed by atoms with Gasteiger partial charge in [0, 0.05) is 11.1 Å². The van der Waals surface area contributed by atoms with Gasteiger partial charge in [0.1, 0.15) is 6.33 Å². The quantitative estimate of drug-likeness (QED) is 0.501. The summed E-state index contributed by atoms with van der Waals surface area (Å²) in [6.07, 6.45) is 18.2. The Balaban J connectivity index is 1.38. The minimum atomic E-state index is 0.293. The fourth-order valence-corrected chi connectivity index (χ4v) is 7.77. The minimum Gasteiger partial charge on any atom is -0.302 e.